The molecule has 6 heterocycles. The second-order valence-corrected chi connectivity index (χ2v) is 7.92. The predicted molar refractivity (Wildman–Crippen MR) is 118 cm³/mol. The number of H-pyrrole nitrogens is 2. The first-order chi connectivity index (χ1) is 15.2. The molecule has 0 saturated heterocycles. The Morgan fingerprint density at radius 1 is 1.10 bits per heavy atom. The van der Waals surface area contributed by atoms with Crippen molar-refractivity contribution in [3.63, 3.8) is 0 Å². The summed E-state index contributed by atoms with van der Waals surface area (Å²) in [6, 6.07) is 7.83. The van der Waals surface area contributed by atoms with Gasteiger partial charge in [-0.05, 0) is 40.6 Å². The molecule has 31 heavy (non-hydrogen) atoms. The van der Waals surface area contributed by atoms with E-state index < -0.39 is 0 Å². The molecule has 0 aliphatic carbocycles. The van der Waals surface area contributed by atoms with Gasteiger partial charge in [-0.15, -0.1) is 0 Å². The molecule has 0 fully saturated rings. The van der Waals surface area contributed by atoms with Crippen molar-refractivity contribution in [3.05, 3.63) is 53.1 Å². The van der Waals surface area contributed by atoms with Gasteiger partial charge in [0.25, 0.3) is 0 Å². The number of aromatic amines is 2. The van der Waals surface area contributed by atoms with Crippen LogP contribution in [-0.4, -0.2) is 45.0 Å². The van der Waals surface area contributed by atoms with Gasteiger partial charge in [0.05, 0.1) is 23.5 Å². The molecule has 0 radical (unpaired) electrons. The number of aromatic nitrogens is 8. The zero-order chi connectivity index (χ0) is 20.9. The van der Waals surface area contributed by atoms with Crippen LogP contribution in [0.15, 0.2) is 47.4 Å². The predicted octanol–water partition coefficient (Wildman–Crippen LogP) is 3.52. The molecule has 10 heteroatoms. The minimum atomic E-state index is -0.158. The van der Waals surface area contributed by atoms with Gasteiger partial charge in [0.15, 0.2) is 17.2 Å². The molecule has 0 aromatic carbocycles. The van der Waals surface area contributed by atoms with Crippen LogP contribution < -0.4 is 0 Å². The Labute approximate surface area is 179 Å². The van der Waals surface area contributed by atoms with E-state index in [0.717, 1.165) is 27.7 Å². The summed E-state index contributed by atoms with van der Waals surface area (Å²) in [5.74, 6) is 0.592. The number of hydrogen-bond acceptors (Lipinski definition) is 7. The minimum absolute atomic E-state index is 0.158. The highest BCUT2D eigenvalue weighted by molar-refractivity contribution is 7.08. The van der Waals surface area contributed by atoms with Crippen molar-refractivity contribution in [2.45, 2.75) is 6.61 Å². The third kappa shape index (κ3) is 2.84. The van der Waals surface area contributed by atoms with E-state index in [9.17, 15) is 5.11 Å². The highest BCUT2D eigenvalue weighted by Gasteiger charge is 2.18. The normalized spacial score (nSPS) is 11.7. The van der Waals surface area contributed by atoms with Crippen molar-refractivity contribution in [3.8, 4) is 33.9 Å². The van der Waals surface area contributed by atoms with Crippen LogP contribution in [0.5, 0.6) is 0 Å². The molecular weight excluding hydrogens is 412 g/mol. The van der Waals surface area contributed by atoms with Crippen molar-refractivity contribution < 1.29 is 5.11 Å². The fraction of sp³-hybridized carbons (Fsp3) is 0.0952. The van der Waals surface area contributed by atoms with Crippen molar-refractivity contribution in [2.24, 2.45) is 7.05 Å². The van der Waals surface area contributed by atoms with Crippen LogP contribution in [0.1, 0.15) is 5.69 Å². The smallest absolute Gasteiger partial charge is 0.162 e. The summed E-state index contributed by atoms with van der Waals surface area (Å²) in [5.41, 5.74) is 7.76. The van der Waals surface area contributed by atoms with E-state index >= 15 is 0 Å². The van der Waals surface area contributed by atoms with Crippen LogP contribution in [0.4, 0.5) is 0 Å². The maximum absolute atomic E-state index is 9.64. The standard InChI is InChI=1S/C21H16N8OS/c1-29-8-13(16(9-30)28-29)14-2-3-15-18(23-14)19(27-26-15)21-24-17-12(11-5-7-31-10-11)4-6-22-20(17)25-21/h2-8,10,30H,9H2,1H3,(H,26,27)(H,22,24,25). The second-order valence-electron chi connectivity index (χ2n) is 7.14. The summed E-state index contributed by atoms with van der Waals surface area (Å²) in [6.45, 7) is -0.158. The summed E-state index contributed by atoms with van der Waals surface area (Å²) >= 11 is 1.64. The summed E-state index contributed by atoms with van der Waals surface area (Å²) in [4.78, 5) is 17.3. The Kier molecular flexibility index (Phi) is 3.95. The summed E-state index contributed by atoms with van der Waals surface area (Å²) in [7, 11) is 1.82. The second kappa shape index (κ2) is 6.83. The Morgan fingerprint density at radius 3 is 2.87 bits per heavy atom. The molecule has 0 saturated carbocycles. The number of aryl methyl sites for hydroxylation is 1. The number of aliphatic hydroxyl groups is 1. The average Bonchev–Trinajstić information content (AvgIpc) is 3.57. The number of rotatable bonds is 4. The van der Waals surface area contributed by atoms with E-state index in [1.165, 1.54) is 0 Å². The van der Waals surface area contributed by atoms with Gasteiger partial charge in [0, 0.05) is 30.6 Å². The van der Waals surface area contributed by atoms with E-state index in [-0.39, 0.29) is 6.61 Å². The first-order valence-corrected chi connectivity index (χ1v) is 10.5. The third-order valence-electron chi connectivity index (χ3n) is 5.18. The van der Waals surface area contributed by atoms with Crippen LogP contribution in [-0.2, 0) is 13.7 Å². The quantitative estimate of drug-likeness (QED) is 0.395. The Balaban J connectivity index is 1.52. The minimum Gasteiger partial charge on any atom is -0.390 e. The number of pyridine rings is 2. The first-order valence-electron chi connectivity index (χ1n) is 9.58. The Bertz CT molecular complexity index is 1540. The molecule has 152 valence electrons. The zero-order valence-electron chi connectivity index (χ0n) is 16.4. The lowest BCUT2D eigenvalue weighted by Gasteiger charge is -2.00. The van der Waals surface area contributed by atoms with Gasteiger partial charge in [-0.25, -0.2) is 15.0 Å². The van der Waals surface area contributed by atoms with Gasteiger partial charge in [-0.3, -0.25) is 9.78 Å². The van der Waals surface area contributed by atoms with Crippen molar-refractivity contribution in [1.82, 2.24) is 39.9 Å². The highest BCUT2D eigenvalue weighted by Crippen LogP contribution is 2.32. The first kappa shape index (κ1) is 17.9. The number of fused-ring (bicyclic) bond motifs is 2. The summed E-state index contributed by atoms with van der Waals surface area (Å²) in [5, 5.41) is 25.6. The number of imidazole rings is 1. The van der Waals surface area contributed by atoms with Crippen LogP contribution in [0.25, 0.3) is 56.1 Å². The van der Waals surface area contributed by atoms with E-state index in [2.05, 4.69) is 36.7 Å². The lowest BCUT2D eigenvalue weighted by atomic mass is 10.1. The van der Waals surface area contributed by atoms with E-state index in [4.69, 9.17) is 9.97 Å². The van der Waals surface area contributed by atoms with Gasteiger partial charge in [0.2, 0.25) is 0 Å². The molecule has 6 aromatic heterocycles. The van der Waals surface area contributed by atoms with Crippen LogP contribution in [0.3, 0.4) is 0 Å². The van der Waals surface area contributed by atoms with Crippen molar-refractivity contribution in [2.75, 3.05) is 0 Å². The molecule has 0 aliphatic rings. The van der Waals surface area contributed by atoms with Crippen LogP contribution in [0, 0.1) is 0 Å². The fourth-order valence-electron chi connectivity index (χ4n) is 3.75. The number of thiophene rings is 1. The molecular formula is C21H16N8OS. The number of nitrogens with one attached hydrogen (secondary N) is 2. The van der Waals surface area contributed by atoms with E-state index in [1.54, 1.807) is 22.2 Å². The fourth-order valence-corrected chi connectivity index (χ4v) is 4.41. The monoisotopic (exact) mass is 428 g/mol. The lowest BCUT2D eigenvalue weighted by Crippen LogP contribution is -1.92. The topological polar surface area (TPSA) is 121 Å². The molecule has 6 aromatic rings. The van der Waals surface area contributed by atoms with E-state index in [0.29, 0.717) is 34.1 Å². The Hall–Kier alpha value is -3.89. The Morgan fingerprint density at radius 2 is 2.03 bits per heavy atom. The largest absolute Gasteiger partial charge is 0.390 e. The molecule has 3 N–H and O–H groups in total. The third-order valence-corrected chi connectivity index (χ3v) is 5.86. The molecule has 0 amide bonds. The molecule has 6 rings (SSSR count). The molecule has 9 nitrogen and oxygen atoms in total. The maximum atomic E-state index is 9.64. The zero-order valence-corrected chi connectivity index (χ0v) is 17.2. The SMILES string of the molecule is Cn1cc(-c2ccc3[nH]nc(-c4nc5c(-c6ccsc6)ccnc5[nH]4)c3n2)c(CO)n1. The lowest BCUT2D eigenvalue weighted by molar-refractivity contribution is 0.276. The van der Waals surface area contributed by atoms with Crippen LogP contribution in [0.2, 0.25) is 0 Å². The van der Waals surface area contributed by atoms with E-state index in [1.807, 2.05) is 36.8 Å². The van der Waals surface area contributed by atoms with Gasteiger partial charge in [-0.1, -0.05) is 0 Å². The molecule has 0 bridgehead atoms. The molecule has 0 aliphatic heterocycles. The van der Waals surface area contributed by atoms with Gasteiger partial charge in [0.1, 0.15) is 11.0 Å². The van der Waals surface area contributed by atoms with Crippen molar-refractivity contribution in [1.29, 1.82) is 0 Å². The number of nitrogens with zero attached hydrogens (tertiary/aromatic N) is 6. The molecule has 0 spiro atoms. The van der Waals surface area contributed by atoms with Gasteiger partial charge >= 0.3 is 0 Å². The van der Waals surface area contributed by atoms with Gasteiger partial charge in [-0.2, -0.15) is 21.5 Å². The average molecular weight is 428 g/mol. The number of hydrogen-bond donors (Lipinski definition) is 3. The molecule has 0 atom stereocenters. The summed E-state index contributed by atoms with van der Waals surface area (Å²) in [6.07, 6.45) is 3.62. The van der Waals surface area contributed by atoms with Crippen LogP contribution >= 0.6 is 11.3 Å². The number of aliphatic hydroxyl groups excluding tert-OH is 1. The molecule has 0 unspecified atom stereocenters. The van der Waals surface area contributed by atoms with Gasteiger partial charge < -0.3 is 10.1 Å². The van der Waals surface area contributed by atoms with Crippen molar-refractivity contribution >= 4 is 33.5 Å². The maximum Gasteiger partial charge on any atom is 0.162 e. The summed E-state index contributed by atoms with van der Waals surface area (Å²) < 4.78 is 1.67. The highest BCUT2D eigenvalue weighted by atomic mass is 32.1.